The number of hydrogen-bond acceptors (Lipinski definition) is 2. The Balaban J connectivity index is 2.26. The molecule has 0 aliphatic heterocycles. The molecule has 0 aromatic heterocycles. The molecule has 0 spiro atoms. The first-order valence-electron chi connectivity index (χ1n) is 5.94. The van der Waals surface area contributed by atoms with Gasteiger partial charge in [0.1, 0.15) is 5.75 Å². The zero-order valence-electron chi connectivity index (χ0n) is 10.7. The molecule has 0 atom stereocenters. The zero-order chi connectivity index (χ0) is 13.6. The molecular weight excluding hydrogens is 269 g/mol. The van der Waals surface area contributed by atoms with E-state index in [4.69, 9.17) is 33.2 Å². The van der Waals surface area contributed by atoms with Gasteiger partial charge < -0.3 is 4.74 Å². The van der Waals surface area contributed by atoms with Crippen molar-refractivity contribution in [2.75, 3.05) is 6.61 Å². The van der Waals surface area contributed by atoms with Crippen molar-refractivity contribution >= 4 is 23.2 Å². The summed E-state index contributed by atoms with van der Waals surface area (Å²) in [5.74, 6) is 0.726. The van der Waals surface area contributed by atoms with Crippen LogP contribution < -0.4 is 4.74 Å². The van der Waals surface area contributed by atoms with Crippen LogP contribution in [0.1, 0.15) is 33.1 Å². The van der Waals surface area contributed by atoms with Crippen LogP contribution in [-0.4, -0.2) is 6.61 Å². The summed E-state index contributed by atoms with van der Waals surface area (Å²) < 4.78 is 5.56. The van der Waals surface area contributed by atoms with Gasteiger partial charge >= 0.3 is 0 Å². The van der Waals surface area contributed by atoms with Crippen molar-refractivity contribution in [2.45, 2.75) is 33.1 Å². The number of rotatable bonds is 6. The van der Waals surface area contributed by atoms with E-state index in [9.17, 15) is 0 Å². The van der Waals surface area contributed by atoms with E-state index >= 15 is 0 Å². The van der Waals surface area contributed by atoms with Crippen LogP contribution in [0.25, 0.3) is 0 Å². The minimum absolute atomic E-state index is 0.246. The third-order valence-corrected chi connectivity index (χ3v) is 3.40. The lowest BCUT2D eigenvalue weighted by molar-refractivity contribution is 0.295. The zero-order valence-corrected chi connectivity index (χ0v) is 12.2. The molecule has 0 saturated heterocycles. The van der Waals surface area contributed by atoms with Crippen molar-refractivity contribution in [1.82, 2.24) is 0 Å². The average molecular weight is 286 g/mol. The van der Waals surface area contributed by atoms with Crippen LogP contribution in [0.2, 0.25) is 10.0 Å². The summed E-state index contributed by atoms with van der Waals surface area (Å²) in [6, 6.07) is 7.52. The van der Waals surface area contributed by atoms with Crippen LogP contribution in [0.4, 0.5) is 0 Å². The molecule has 0 amide bonds. The topological polar surface area (TPSA) is 33.0 Å². The molecule has 0 unspecified atom stereocenters. The van der Waals surface area contributed by atoms with Crippen molar-refractivity contribution in [1.29, 1.82) is 5.26 Å². The van der Waals surface area contributed by atoms with Crippen LogP contribution in [0.5, 0.6) is 5.75 Å². The summed E-state index contributed by atoms with van der Waals surface area (Å²) in [5, 5.41) is 9.90. The van der Waals surface area contributed by atoms with Gasteiger partial charge in [-0.25, -0.2) is 0 Å². The van der Waals surface area contributed by atoms with Crippen LogP contribution in [-0.2, 0) is 0 Å². The molecule has 2 nitrogen and oxygen atoms in total. The highest BCUT2D eigenvalue weighted by molar-refractivity contribution is 6.42. The van der Waals surface area contributed by atoms with Gasteiger partial charge in [-0.3, -0.25) is 0 Å². The Hall–Kier alpha value is -0.910. The second-order valence-electron chi connectivity index (χ2n) is 4.88. The number of benzene rings is 1. The van der Waals surface area contributed by atoms with Crippen molar-refractivity contribution in [2.24, 2.45) is 5.41 Å². The van der Waals surface area contributed by atoms with Crippen molar-refractivity contribution in [3.63, 3.8) is 0 Å². The smallest absolute Gasteiger partial charge is 0.120 e. The van der Waals surface area contributed by atoms with Crippen molar-refractivity contribution < 1.29 is 4.74 Å². The van der Waals surface area contributed by atoms with Gasteiger partial charge in [-0.2, -0.15) is 5.26 Å². The summed E-state index contributed by atoms with van der Waals surface area (Å²) in [4.78, 5) is 0. The third kappa shape index (κ3) is 5.16. The molecule has 0 N–H and O–H groups in total. The Kier molecular flexibility index (Phi) is 5.78. The first kappa shape index (κ1) is 15.1. The Morgan fingerprint density at radius 1 is 1.22 bits per heavy atom. The van der Waals surface area contributed by atoms with E-state index in [0.717, 1.165) is 25.0 Å². The van der Waals surface area contributed by atoms with Gasteiger partial charge in [-0.15, -0.1) is 0 Å². The average Bonchev–Trinajstić information content (AvgIpc) is 2.33. The van der Waals surface area contributed by atoms with E-state index in [1.165, 1.54) is 0 Å². The normalized spacial score (nSPS) is 11.1. The van der Waals surface area contributed by atoms with E-state index in [-0.39, 0.29) is 5.41 Å². The summed E-state index contributed by atoms with van der Waals surface area (Å²) >= 11 is 11.7. The second-order valence-corrected chi connectivity index (χ2v) is 5.69. The highest BCUT2D eigenvalue weighted by Gasteiger charge is 2.15. The van der Waals surface area contributed by atoms with Crippen LogP contribution in [0, 0.1) is 16.7 Å². The molecule has 1 aromatic rings. The number of nitrogens with zero attached hydrogens (tertiary/aromatic N) is 1. The molecule has 0 aliphatic carbocycles. The first-order chi connectivity index (χ1) is 8.44. The maximum absolute atomic E-state index is 8.88. The number of ether oxygens (including phenoxy) is 1. The van der Waals surface area contributed by atoms with Gasteiger partial charge in [0, 0.05) is 6.07 Å². The number of halogens is 2. The fourth-order valence-corrected chi connectivity index (χ4v) is 1.77. The standard InChI is InChI=1S/C14H17Cl2NO/c1-14(2,10-17)7-3-4-8-18-11-5-6-12(15)13(16)9-11/h5-6,9H,3-4,7-8H2,1-2H3. The van der Waals surface area contributed by atoms with E-state index < -0.39 is 0 Å². The van der Waals surface area contributed by atoms with E-state index in [0.29, 0.717) is 16.7 Å². The second kappa shape index (κ2) is 6.87. The summed E-state index contributed by atoms with van der Waals surface area (Å²) in [5.41, 5.74) is -0.246. The molecule has 1 aromatic carbocycles. The lowest BCUT2D eigenvalue weighted by Gasteiger charge is -2.14. The van der Waals surface area contributed by atoms with Gasteiger partial charge in [0.15, 0.2) is 0 Å². The maximum Gasteiger partial charge on any atom is 0.120 e. The quantitative estimate of drug-likeness (QED) is 0.682. The molecule has 98 valence electrons. The molecule has 0 bridgehead atoms. The van der Waals surface area contributed by atoms with Gasteiger partial charge in [0.2, 0.25) is 0 Å². The largest absolute Gasteiger partial charge is 0.494 e. The van der Waals surface area contributed by atoms with Crippen molar-refractivity contribution in [3.8, 4) is 11.8 Å². The minimum Gasteiger partial charge on any atom is -0.494 e. The Morgan fingerprint density at radius 2 is 1.94 bits per heavy atom. The molecule has 0 heterocycles. The molecule has 18 heavy (non-hydrogen) atoms. The number of nitriles is 1. The first-order valence-corrected chi connectivity index (χ1v) is 6.69. The SMILES string of the molecule is CC(C)(C#N)CCCCOc1ccc(Cl)c(Cl)c1. The van der Waals surface area contributed by atoms with Crippen molar-refractivity contribution in [3.05, 3.63) is 28.2 Å². The summed E-state index contributed by atoms with van der Waals surface area (Å²) in [6.45, 7) is 4.53. The van der Waals surface area contributed by atoms with E-state index in [2.05, 4.69) is 6.07 Å². The minimum atomic E-state index is -0.246. The molecule has 4 heteroatoms. The molecular formula is C14H17Cl2NO. The third-order valence-electron chi connectivity index (χ3n) is 2.66. The van der Waals surface area contributed by atoms with Gasteiger partial charge in [0.05, 0.1) is 28.1 Å². The van der Waals surface area contributed by atoms with Gasteiger partial charge in [0.25, 0.3) is 0 Å². The Morgan fingerprint density at radius 3 is 2.56 bits per heavy atom. The summed E-state index contributed by atoms with van der Waals surface area (Å²) in [7, 11) is 0. The summed E-state index contributed by atoms with van der Waals surface area (Å²) in [6.07, 6.45) is 2.78. The lowest BCUT2D eigenvalue weighted by atomic mass is 9.89. The predicted octanol–water partition coefficient (Wildman–Crippen LogP) is 5.09. The molecule has 1 rings (SSSR count). The number of unbranched alkanes of at least 4 members (excludes halogenated alkanes) is 1. The molecule has 0 fully saturated rings. The maximum atomic E-state index is 8.88. The molecule has 0 aliphatic rings. The predicted molar refractivity (Wildman–Crippen MR) is 75.2 cm³/mol. The molecule has 0 radical (unpaired) electrons. The highest BCUT2D eigenvalue weighted by atomic mass is 35.5. The fourth-order valence-electron chi connectivity index (χ4n) is 1.48. The lowest BCUT2D eigenvalue weighted by Crippen LogP contribution is -2.08. The van der Waals surface area contributed by atoms with E-state index in [1.54, 1.807) is 18.2 Å². The molecule has 0 saturated carbocycles. The van der Waals surface area contributed by atoms with Gasteiger partial charge in [-0.1, -0.05) is 23.2 Å². The Labute approximate surface area is 118 Å². The van der Waals surface area contributed by atoms with Crippen LogP contribution in [0.15, 0.2) is 18.2 Å². The fraction of sp³-hybridized carbons (Fsp3) is 0.500. The number of hydrogen-bond donors (Lipinski definition) is 0. The van der Waals surface area contributed by atoms with Crippen LogP contribution >= 0.6 is 23.2 Å². The van der Waals surface area contributed by atoms with E-state index in [1.807, 2.05) is 13.8 Å². The monoisotopic (exact) mass is 285 g/mol. The Bertz CT molecular complexity index is 438. The van der Waals surface area contributed by atoms with Gasteiger partial charge in [-0.05, 0) is 45.2 Å². The van der Waals surface area contributed by atoms with Crippen LogP contribution in [0.3, 0.4) is 0 Å². The highest BCUT2D eigenvalue weighted by Crippen LogP contribution is 2.26.